The summed E-state index contributed by atoms with van der Waals surface area (Å²) >= 11 is 0. The van der Waals surface area contributed by atoms with Crippen molar-refractivity contribution in [1.82, 2.24) is 0 Å². The van der Waals surface area contributed by atoms with E-state index >= 15 is 0 Å². The highest BCUT2D eigenvalue weighted by atomic mass is 28.4. The van der Waals surface area contributed by atoms with Crippen LogP contribution in [0.15, 0.2) is 0 Å². The number of nitrogens with two attached hydrogens (primary N) is 1. The van der Waals surface area contributed by atoms with Gasteiger partial charge in [-0.3, -0.25) is 0 Å². The van der Waals surface area contributed by atoms with Crippen molar-refractivity contribution in [2.24, 2.45) is 5.73 Å². The number of aliphatic hydroxyl groups excluding tert-OH is 1. The maximum Gasteiger partial charge on any atom is 0.500 e. The van der Waals surface area contributed by atoms with Crippen LogP contribution in [-0.4, -0.2) is 47.9 Å². The fourth-order valence-corrected chi connectivity index (χ4v) is 2.59. The minimum absolute atomic E-state index is 0.338. The predicted octanol–water partition coefficient (Wildman–Crippen LogP) is 0.600. The third-order valence-corrected chi connectivity index (χ3v) is 4.81. The highest BCUT2D eigenvalue weighted by molar-refractivity contribution is 6.60. The van der Waals surface area contributed by atoms with Crippen LogP contribution >= 0.6 is 0 Å². The van der Waals surface area contributed by atoms with Crippen LogP contribution in [0.2, 0.25) is 6.04 Å². The van der Waals surface area contributed by atoms with E-state index < -0.39 is 8.80 Å². The van der Waals surface area contributed by atoms with Gasteiger partial charge in [-0.05, 0) is 6.92 Å². The molecule has 1 unspecified atom stereocenters. The number of aliphatic hydroxyl groups is 1. The lowest BCUT2D eigenvalue weighted by Gasteiger charge is -2.23. The molecule has 0 aromatic carbocycles. The molecule has 5 nitrogen and oxygen atoms in total. The Hall–Kier alpha value is 0.0169. The van der Waals surface area contributed by atoms with Crippen LogP contribution in [0.3, 0.4) is 0 Å². The first-order chi connectivity index (χ1) is 7.01. The smallest absolute Gasteiger partial charge is 0.392 e. The van der Waals surface area contributed by atoms with Crippen LogP contribution in [0, 0.1) is 0 Å². The Bertz CT molecular complexity index is 123. The molecule has 0 heterocycles. The Kier molecular flexibility index (Phi) is 12.2. The number of hydrogen-bond donors (Lipinski definition) is 2. The van der Waals surface area contributed by atoms with Crippen molar-refractivity contribution in [3.63, 3.8) is 0 Å². The third-order valence-electron chi connectivity index (χ3n) is 1.83. The maximum absolute atomic E-state index is 8.24. The largest absolute Gasteiger partial charge is 0.500 e. The monoisotopic (exact) mass is 239 g/mol. The molecule has 15 heavy (non-hydrogen) atoms. The van der Waals surface area contributed by atoms with Gasteiger partial charge in [0.15, 0.2) is 0 Å². The second-order valence-electron chi connectivity index (χ2n) is 3.13. The summed E-state index contributed by atoms with van der Waals surface area (Å²) in [5.41, 5.74) is 4.92. The summed E-state index contributed by atoms with van der Waals surface area (Å²) in [7, 11) is 2.68. The third kappa shape index (κ3) is 8.98. The van der Waals surface area contributed by atoms with Crippen molar-refractivity contribution in [2.75, 3.05) is 27.9 Å². The van der Waals surface area contributed by atoms with Crippen LogP contribution in [0.25, 0.3) is 0 Å². The van der Waals surface area contributed by atoms with E-state index in [2.05, 4.69) is 6.92 Å². The molecule has 0 aliphatic heterocycles. The van der Waals surface area contributed by atoms with Crippen molar-refractivity contribution in [3.05, 3.63) is 0 Å². The topological polar surface area (TPSA) is 73.9 Å². The van der Waals surface area contributed by atoms with Gasteiger partial charge in [0.1, 0.15) is 0 Å². The Labute approximate surface area is 93.9 Å². The van der Waals surface area contributed by atoms with Crippen LogP contribution < -0.4 is 5.73 Å². The molecule has 94 valence electrons. The van der Waals surface area contributed by atoms with Crippen molar-refractivity contribution >= 4 is 8.80 Å². The molecule has 0 radical (unpaired) electrons. The standard InChI is InChI=1S/C6H16O3Si.C3H9NO/c1-5-6-10(7-2,8-3)9-4;1-3(5)2-4/h5-6H2,1-4H3;3,5H,2,4H2,1H3. The van der Waals surface area contributed by atoms with Gasteiger partial charge in [-0.2, -0.15) is 0 Å². The lowest BCUT2D eigenvalue weighted by Crippen LogP contribution is -2.42. The molecule has 0 saturated carbocycles. The van der Waals surface area contributed by atoms with Gasteiger partial charge in [-0.1, -0.05) is 13.3 Å². The molecule has 0 aliphatic rings. The molecule has 0 aromatic rings. The highest BCUT2D eigenvalue weighted by Crippen LogP contribution is 2.13. The van der Waals surface area contributed by atoms with Gasteiger partial charge in [0.2, 0.25) is 0 Å². The molecule has 0 aromatic heterocycles. The second kappa shape index (κ2) is 10.5. The maximum atomic E-state index is 8.24. The van der Waals surface area contributed by atoms with Crippen LogP contribution in [-0.2, 0) is 13.3 Å². The SMILES string of the molecule is CC(O)CN.CCC[Si](OC)(OC)OC. The van der Waals surface area contributed by atoms with E-state index in [1.165, 1.54) is 0 Å². The molecular formula is C9H25NO4Si. The summed E-state index contributed by atoms with van der Waals surface area (Å²) in [6, 6.07) is 0.885. The van der Waals surface area contributed by atoms with E-state index in [4.69, 9.17) is 24.1 Å². The van der Waals surface area contributed by atoms with Crippen LogP contribution in [0.5, 0.6) is 0 Å². The van der Waals surface area contributed by atoms with E-state index in [0.717, 1.165) is 12.5 Å². The fourth-order valence-electron chi connectivity index (χ4n) is 0.862. The zero-order valence-corrected chi connectivity index (χ0v) is 11.4. The highest BCUT2D eigenvalue weighted by Gasteiger charge is 2.36. The molecule has 0 spiro atoms. The molecule has 0 amide bonds. The first kappa shape index (κ1) is 17.4. The summed E-state index contributed by atoms with van der Waals surface area (Å²) in [5.74, 6) is 0. The van der Waals surface area contributed by atoms with Gasteiger partial charge in [-0.25, -0.2) is 0 Å². The van der Waals surface area contributed by atoms with Gasteiger partial charge in [0.25, 0.3) is 0 Å². The fraction of sp³-hybridized carbons (Fsp3) is 1.00. The summed E-state index contributed by atoms with van der Waals surface area (Å²) in [5, 5.41) is 8.24. The molecule has 0 rings (SSSR count). The molecule has 0 bridgehead atoms. The summed E-state index contributed by atoms with van der Waals surface area (Å²) in [6.45, 7) is 4.10. The summed E-state index contributed by atoms with van der Waals surface area (Å²) in [4.78, 5) is 0. The molecule has 1 atom stereocenters. The van der Waals surface area contributed by atoms with E-state index in [1.807, 2.05) is 0 Å². The lowest BCUT2D eigenvalue weighted by molar-refractivity contribution is 0.123. The lowest BCUT2D eigenvalue weighted by atomic mass is 10.4. The minimum Gasteiger partial charge on any atom is -0.392 e. The van der Waals surface area contributed by atoms with Crippen LogP contribution in [0.1, 0.15) is 20.3 Å². The van der Waals surface area contributed by atoms with E-state index in [0.29, 0.717) is 6.54 Å². The zero-order valence-electron chi connectivity index (χ0n) is 10.4. The molecular weight excluding hydrogens is 214 g/mol. The average Bonchev–Trinajstić information content (AvgIpc) is 2.27. The molecule has 3 N–H and O–H groups in total. The number of rotatable bonds is 6. The van der Waals surface area contributed by atoms with Crippen molar-refractivity contribution in [2.45, 2.75) is 32.4 Å². The Morgan fingerprint density at radius 3 is 1.60 bits per heavy atom. The molecule has 6 heteroatoms. The molecule has 0 saturated heterocycles. The van der Waals surface area contributed by atoms with Crippen molar-refractivity contribution < 1.29 is 18.4 Å². The molecule has 0 fully saturated rings. The minimum atomic E-state index is -2.22. The quantitative estimate of drug-likeness (QED) is 0.664. The normalized spacial score (nSPS) is 13.0. The van der Waals surface area contributed by atoms with Gasteiger partial charge in [0, 0.05) is 33.9 Å². The van der Waals surface area contributed by atoms with E-state index in [1.54, 1.807) is 28.3 Å². The molecule has 0 aliphatic carbocycles. The Morgan fingerprint density at radius 1 is 1.20 bits per heavy atom. The first-order valence-electron chi connectivity index (χ1n) is 5.05. The Balaban J connectivity index is 0. The summed E-state index contributed by atoms with van der Waals surface area (Å²) < 4.78 is 15.5. The average molecular weight is 239 g/mol. The second-order valence-corrected chi connectivity index (χ2v) is 6.22. The van der Waals surface area contributed by atoms with E-state index in [9.17, 15) is 0 Å². The number of hydrogen-bond acceptors (Lipinski definition) is 5. The first-order valence-corrected chi connectivity index (χ1v) is 6.98. The van der Waals surface area contributed by atoms with Crippen molar-refractivity contribution in [3.8, 4) is 0 Å². The Morgan fingerprint density at radius 2 is 1.53 bits per heavy atom. The van der Waals surface area contributed by atoms with Crippen molar-refractivity contribution in [1.29, 1.82) is 0 Å². The van der Waals surface area contributed by atoms with Gasteiger partial charge >= 0.3 is 8.80 Å². The van der Waals surface area contributed by atoms with Gasteiger partial charge < -0.3 is 24.1 Å². The van der Waals surface area contributed by atoms with Gasteiger partial charge in [0.05, 0.1) is 6.10 Å². The van der Waals surface area contributed by atoms with E-state index in [-0.39, 0.29) is 6.10 Å². The van der Waals surface area contributed by atoms with Crippen LogP contribution in [0.4, 0.5) is 0 Å². The van der Waals surface area contributed by atoms with Gasteiger partial charge in [-0.15, -0.1) is 0 Å². The summed E-state index contributed by atoms with van der Waals surface area (Å²) in [6.07, 6.45) is 0.692. The predicted molar refractivity (Wildman–Crippen MR) is 62.6 cm³/mol. The zero-order chi connectivity index (χ0) is 12.3.